The first-order valence-corrected chi connectivity index (χ1v) is 12.9. The van der Waals surface area contributed by atoms with E-state index in [9.17, 15) is 4.79 Å². The van der Waals surface area contributed by atoms with Crippen LogP contribution >= 0.6 is 0 Å². The number of aryl methyl sites for hydroxylation is 1. The first-order chi connectivity index (χ1) is 15.8. The molecule has 4 aliphatic rings. The van der Waals surface area contributed by atoms with Crippen molar-refractivity contribution in [1.82, 2.24) is 19.6 Å². The summed E-state index contributed by atoms with van der Waals surface area (Å²) in [5.41, 5.74) is 0.995. The predicted octanol–water partition coefficient (Wildman–Crippen LogP) is 3.84. The monoisotopic (exact) mass is 473 g/mol. The van der Waals surface area contributed by atoms with Crippen LogP contribution in [-0.4, -0.2) is 88.8 Å². The van der Waals surface area contributed by atoms with Crippen molar-refractivity contribution in [3.8, 4) is 0 Å². The minimum absolute atomic E-state index is 0.00915. The summed E-state index contributed by atoms with van der Waals surface area (Å²) in [5, 5.41) is 5.11. The number of likely N-dealkylation sites (N-methyl/N-ethyl adjacent to an activating group) is 1. The Morgan fingerprint density at radius 3 is 2.50 bits per heavy atom. The molecule has 190 valence electrons. The number of anilines is 1. The van der Waals surface area contributed by atoms with Gasteiger partial charge in [-0.05, 0) is 67.9 Å². The van der Waals surface area contributed by atoms with Crippen LogP contribution < -0.4 is 4.90 Å². The molecule has 4 fully saturated rings. The van der Waals surface area contributed by atoms with E-state index in [1.807, 2.05) is 25.7 Å². The van der Waals surface area contributed by atoms with Gasteiger partial charge in [-0.2, -0.15) is 5.10 Å². The molecule has 1 saturated carbocycles. The lowest BCUT2D eigenvalue weighted by atomic mass is 9.61. The second-order valence-electron chi connectivity index (χ2n) is 13.1. The molecule has 8 nitrogen and oxygen atoms in total. The Morgan fingerprint density at radius 1 is 1.18 bits per heavy atom. The Balaban J connectivity index is 1.20. The standard InChI is InChI=1S/C26H43N5O3/c1-19-12-21(30-9-8-26(15-24(30,5)6)18-28(7)10-11-33-26)27-31(19)20-13-25(14-20)16-29(17-25)22(32)34-23(2,3)4/h12,20H,8-11,13-18H2,1-7H3. The molecule has 34 heavy (non-hydrogen) atoms. The number of aromatic nitrogens is 2. The summed E-state index contributed by atoms with van der Waals surface area (Å²) < 4.78 is 14.1. The van der Waals surface area contributed by atoms with Gasteiger partial charge in [0, 0.05) is 61.9 Å². The lowest BCUT2D eigenvalue weighted by Gasteiger charge is -2.58. The van der Waals surface area contributed by atoms with Gasteiger partial charge in [-0.15, -0.1) is 0 Å². The molecule has 1 aromatic rings. The predicted molar refractivity (Wildman–Crippen MR) is 132 cm³/mol. The van der Waals surface area contributed by atoms with Crippen LogP contribution in [0, 0.1) is 12.3 Å². The number of hydrogen-bond acceptors (Lipinski definition) is 6. The zero-order valence-electron chi connectivity index (χ0n) is 22.2. The quantitative estimate of drug-likeness (QED) is 0.650. The smallest absolute Gasteiger partial charge is 0.410 e. The molecule has 1 aromatic heterocycles. The summed E-state index contributed by atoms with van der Waals surface area (Å²) >= 11 is 0. The summed E-state index contributed by atoms with van der Waals surface area (Å²) in [5.74, 6) is 1.09. The lowest BCUT2D eigenvalue weighted by molar-refractivity contribution is -0.127. The van der Waals surface area contributed by atoms with E-state index in [0.717, 1.165) is 70.8 Å². The van der Waals surface area contributed by atoms with Crippen LogP contribution in [0.2, 0.25) is 0 Å². The molecule has 0 radical (unpaired) electrons. The van der Waals surface area contributed by atoms with E-state index in [1.165, 1.54) is 5.69 Å². The zero-order valence-corrected chi connectivity index (χ0v) is 22.2. The van der Waals surface area contributed by atoms with Crippen molar-refractivity contribution in [3.63, 3.8) is 0 Å². The van der Waals surface area contributed by atoms with Crippen LogP contribution in [0.15, 0.2) is 6.07 Å². The number of hydrogen-bond donors (Lipinski definition) is 0. The topological polar surface area (TPSA) is 63.1 Å². The minimum Gasteiger partial charge on any atom is -0.444 e. The molecular weight excluding hydrogens is 430 g/mol. The van der Waals surface area contributed by atoms with E-state index in [4.69, 9.17) is 14.6 Å². The van der Waals surface area contributed by atoms with Crippen molar-refractivity contribution in [2.75, 3.05) is 51.3 Å². The summed E-state index contributed by atoms with van der Waals surface area (Å²) in [6.07, 6.45) is 4.04. The van der Waals surface area contributed by atoms with E-state index in [-0.39, 0.29) is 22.6 Å². The summed E-state index contributed by atoms with van der Waals surface area (Å²) in [6, 6.07) is 2.68. The number of rotatable bonds is 2. The Kier molecular flexibility index (Phi) is 5.52. The summed E-state index contributed by atoms with van der Waals surface area (Å²) in [6.45, 7) is 18.0. The van der Waals surface area contributed by atoms with Crippen LogP contribution in [0.5, 0.6) is 0 Å². The lowest BCUT2D eigenvalue weighted by Crippen LogP contribution is -2.64. The van der Waals surface area contributed by atoms with Gasteiger partial charge >= 0.3 is 6.09 Å². The largest absolute Gasteiger partial charge is 0.444 e. The van der Waals surface area contributed by atoms with Gasteiger partial charge in [-0.3, -0.25) is 4.68 Å². The maximum atomic E-state index is 12.3. The number of carbonyl (C=O) groups excluding carboxylic acids is 1. The van der Waals surface area contributed by atoms with Gasteiger partial charge in [0.05, 0.1) is 18.2 Å². The number of carbonyl (C=O) groups is 1. The molecule has 1 aliphatic carbocycles. The number of nitrogens with zero attached hydrogens (tertiary/aromatic N) is 5. The third-order valence-corrected chi connectivity index (χ3v) is 8.29. The van der Waals surface area contributed by atoms with Crippen molar-refractivity contribution in [3.05, 3.63) is 11.8 Å². The first kappa shape index (κ1) is 23.9. The molecule has 5 rings (SSSR count). The van der Waals surface area contributed by atoms with E-state index in [2.05, 4.69) is 48.4 Å². The van der Waals surface area contributed by atoms with Gasteiger partial charge < -0.3 is 24.2 Å². The van der Waals surface area contributed by atoms with Crippen LogP contribution in [0.1, 0.15) is 72.0 Å². The van der Waals surface area contributed by atoms with Crippen LogP contribution in [-0.2, 0) is 9.47 Å². The van der Waals surface area contributed by atoms with Crippen molar-refractivity contribution in [2.24, 2.45) is 5.41 Å². The molecular formula is C26H43N5O3. The van der Waals surface area contributed by atoms with E-state index in [0.29, 0.717) is 6.04 Å². The molecule has 0 aromatic carbocycles. The molecule has 3 aliphatic heterocycles. The third-order valence-electron chi connectivity index (χ3n) is 8.29. The first-order valence-electron chi connectivity index (χ1n) is 12.9. The second kappa shape index (κ2) is 7.85. The highest BCUT2D eigenvalue weighted by Crippen LogP contribution is 2.54. The average Bonchev–Trinajstić information content (AvgIpc) is 2.97. The molecule has 8 heteroatoms. The number of piperidine rings is 1. The Labute approximate surface area is 204 Å². The van der Waals surface area contributed by atoms with Crippen molar-refractivity contribution in [1.29, 1.82) is 0 Å². The van der Waals surface area contributed by atoms with Crippen LogP contribution in [0.3, 0.4) is 0 Å². The highest BCUT2D eigenvalue weighted by Gasteiger charge is 2.55. The highest BCUT2D eigenvalue weighted by atomic mass is 16.6. The molecule has 1 unspecified atom stereocenters. The third kappa shape index (κ3) is 4.32. The summed E-state index contributed by atoms with van der Waals surface area (Å²) in [4.78, 5) is 19.1. The molecule has 1 atom stereocenters. The van der Waals surface area contributed by atoms with E-state index >= 15 is 0 Å². The maximum absolute atomic E-state index is 12.3. The molecule has 0 N–H and O–H groups in total. The highest BCUT2D eigenvalue weighted by molar-refractivity contribution is 5.69. The number of ether oxygens (including phenoxy) is 2. The molecule has 2 spiro atoms. The van der Waals surface area contributed by atoms with E-state index < -0.39 is 5.60 Å². The molecule has 1 amide bonds. The number of morpholine rings is 1. The van der Waals surface area contributed by atoms with Crippen molar-refractivity contribution < 1.29 is 14.3 Å². The van der Waals surface area contributed by atoms with E-state index in [1.54, 1.807) is 0 Å². The van der Waals surface area contributed by atoms with Gasteiger partial charge in [0.15, 0.2) is 5.82 Å². The maximum Gasteiger partial charge on any atom is 0.410 e. The van der Waals surface area contributed by atoms with Gasteiger partial charge in [0.2, 0.25) is 0 Å². The van der Waals surface area contributed by atoms with Crippen LogP contribution in [0.25, 0.3) is 0 Å². The Morgan fingerprint density at radius 2 is 1.88 bits per heavy atom. The number of likely N-dealkylation sites (tertiary alicyclic amines) is 1. The fraction of sp³-hybridized carbons (Fsp3) is 0.846. The molecule has 3 saturated heterocycles. The van der Waals surface area contributed by atoms with Gasteiger partial charge in [-0.25, -0.2) is 4.79 Å². The molecule has 4 heterocycles. The van der Waals surface area contributed by atoms with Gasteiger partial charge in [-0.1, -0.05) is 0 Å². The fourth-order valence-electron chi connectivity index (χ4n) is 6.87. The van der Waals surface area contributed by atoms with Crippen LogP contribution in [0.4, 0.5) is 10.6 Å². The minimum atomic E-state index is -0.439. The number of amides is 1. The summed E-state index contributed by atoms with van der Waals surface area (Å²) in [7, 11) is 2.20. The Hall–Kier alpha value is -1.80. The van der Waals surface area contributed by atoms with Crippen molar-refractivity contribution >= 4 is 11.9 Å². The average molecular weight is 474 g/mol. The normalized spacial score (nSPS) is 29.3. The van der Waals surface area contributed by atoms with Crippen molar-refractivity contribution in [2.45, 2.75) is 90.0 Å². The fourth-order valence-corrected chi connectivity index (χ4v) is 6.87. The van der Waals surface area contributed by atoms with Gasteiger partial charge in [0.25, 0.3) is 0 Å². The molecule has 0 bridgehead atoms. The van der Waals surface area contributed by atoms with Gasteiger partial charge in [0.1, 0.15) is 5.60 Å². The Bertz CT molecular complexity index is 937. The second-order valence-corrected chi connectivity index (χ2v) is 13.1. The zero-order chi connectivity index (χ0) is 24.5. The SMILES string of the molecule is Cc1cc(N2CCC3(CN(C)CCO3)CC2(C)C)nn1C1CC2(C1)CN(C(=O)OC(C)(C)C)C2.